The molecule has 2 rings (SSSR count). The van der Waals surface area contributed by atoms with Crippen molar-refractivity contribution >= 4 is 17.3 Å². The van der Waals surface area contributed by atoms with Crippen LogP contribution in [0.2, 0.25) is 0 Å². The summed E-state index contributed by atoms with van der Waals surface area (Å²) in [5.74, 6) is 0.121. The molecule has 1 N–H and O–H groups in total. The predicted molar refractivity (Wildman–Crippen MR) is 90.5 cm³/mol. The summed E-state index contributed by atoms with van der Waals surface area (Å²) in [7, 11) is 1.56. The second-order valence-electron chi connectivity index (χ2n) is 5.15. The molecule has 0 heterocycles. The van der Waals surface area contributed by atoms with E-state index in [1.807, 2.05) is 25.1 Å². The molecule has 0 aliphatic carbocycles. The van der Waals surface area contributed by atoms with Crippen molar-refractivity contribution in [1.29, 1.82) is 0 Å². The highest BCUT2D eigenvalue weighted by molar-refractivity contribution is 6.02. The van der Waals surface area contributed by atoms with Crippen molar-refractivity contribution in [3.8, 4) is 5.75 Å². The Morgan fingerprint density at radius 2 is 2.00 bits per heavy atom. The summed E-state index contributed by atoms with van der Waals surface area (Å²) in [6.45, 7) is 3.68. The molecule has 0 radical (unpaired) electrons. The number of hydrogen-bond acceptors (Lipinski definition) is 5. The molecule has 2 aromatic rings. The maximum absolute atomic E-state index is 12.1. The zero-order chi connectivity index (χ0) is 17.7. The molecule has 1 amide bonds. The van der Waals surface area contributed by atoms with Crippen molar-refractivity contribution in [2.45, 2.75) is 13.8 Å². The van der Waals surface area contributed by atoms with Crippen LogP contribution in [0.1, 0.15) is 28.4 Å². The van der Waals surface area contributed by atoms with Crippen LogP contribution in [0, 0.1) is 17.0 Å². The summed E-state index contributed by atoms with van der Waals surface area (Å²) in [5, 5.41) is 14.8. The second-order valence-corrected chi connectivity index (χ2v) is 5.15. The Bertz CT molecular complexity index is 815. The lowest BCUT2D eigenvalue weighted by Crippen LogP contribution is -2.19. The Morgan fingerprint density at radius 1 is 1.25 bits per heavy atom. The summed E-state index contributed by atoms with van der Waals surface area (Å²) in [6.07, 6.45) is 0. The number of carbonyl (C=O) groups excluding carboxylic acids is 1. The van der Waals surface area contributed by atoms with Gasteiger partial charge in [-0.15, -0.1) is 0 Å². The van der Waals surface area contributed by atoms with Gasteiger partial charge < -0.3 is 4.74 Å². The number of rotatable bonds is 5. The van der Waals surface area contributed by atoms with E-state index < -0.39 is 10.8 Å². The van der Waals surface area contributed by atoms with Gasteiger partial charge >= 0.3 is 0 Å². The molecular formula is C17H17N3O4. The van der Waals surface area contributed by atoms with Crippen molar-refractivity contribution < 1.29 is 14.5 Å². The minimum Gasteiger partial charge on any atom is -0.496 e. The number of methoxy groups -OCH3 is 1. The molecule has 124 valence electrons. The molecule has 0 unspecified atom stereocenters. The number of ether oxygens (including phenoxy) is 1. The summed E-state index contributed by atoms with van der Waals surface area (Å²) in [6, 6.07) is 11.1. The highest BCUT2D eigenvalue weighted by atomic mass is 16.6. The van der Waals surface area contributed by atoms with Gasteiger partial charge in [-0.1, -0.05) is 17.7 Å². The Balaban J connectivity index is 2.21. The largest absolute Gasteiger partial charge is 0.496 e. The van der Waals surface area contributed by atoms with Crippen molar-refractivity contribution in [2.24, 2.45) is 5.10 Å². The number of aryl methyl sites for hydroxylation is 1. The topological polar surface area (TPSA) is 93.8 Å². The van der Waals surface area contributed by atoms with Crippen LogP contribution in [-0.4, -0.2) is 23.7 Å². The van der Waals surface area contributed by atoms with E-state index in [1.54, 1.807) is 14.0 Å². The third-order valence-corrected chi connectivity index (χ3v) is 3.39. The quantitative estimate of drug-likeness (QED) is 0.519. The van der Waals surface area contributed by atoms with Gasteiger partial charge in [0, 0.05) is 23.3 Å². The van der Waals surface area contributed by atoms with Gasteiger partial charge in [0.05, 0.1) is 17.7 Å². The summed E-state index contributed by atoms with van der Waals surface area (Å²) >= 11 is 0. The smallest absolute Gasteiger partial charge is 0.271 e. The van der Waals surface area contributed by atoms with Crippen LogP contribution in [0.15, 0.2) is 47.6 Å². The number of nitro groups is 1. The van der Waals surface area contributed by atoms with Gasteiger partial charge in [0.25, 0.3) is 11.6 Å². The van der Waals surface area contributed by atoms with Crippen LogP contribution in [0.3, 0.4) is 0 Å². The second kappa shape index (κ2) is 7.36. The molecule has 0 atom stereocenters. The lowest BCUT2D eigenvalue weighted by atomic mass is 10.1. The fourth-order valence-electron chi connectivity index (χ4n) is 2.12. The van der Waals surface area contributed by atoms with Crippen molar-refractivity contribution in [2.75, 3.05) is 7.11 Å². The number of nitrogens with zero attached hydrogens (tertiary/aromatic N) is 2. The van der Waals surface area contributed by atoms with Gasteiger partial charge in [-0.3, -0.25) is 14.9 Å². The lowest BCUT2D eigenvalue weighted by molar-refractivity contribution is -0.384. The van der Waals surface area contributed by atoms with Crippen LogP contribution in [0.5, 0.6) is 5.75 Å². The van der Waals surface area contributed by atoms with E-state index in [0.717, 1.165) is 11.1 Å². The standard InChI is InChI=1S/C17H17N3O4/c1-11-7-8-16(24-3)15(9-11)12(2)18-19-17(21)13-5-4-6-14(10-13)20(22)23/h4-10H,1-3H3,(H,19,21)/b18-12-. The predicted octanol–water partition coefficient (Wildman–Crippen LogP) is 3.07. The van der Waals surface area contributed by atoms with Crippen molar-refractivity contribution in [1.82, 2.24) is 5.43 Å². The zero-order valence-corrected chi connectivity index (χ0v) is 13.6. The monoisotopic (exact) mass is 327 g/mol. The minimum absolute atomic E-state index is 0.149. The van der Waals surface area contributed by atoms with E-state index in [0.29, 0.717) is 11.5 Å². The van der Waals surface area contributed by atoms with Gasteiger partial charge in [-0.05, 0) is 32.0 Å². The summed E-state index contributed by atoms with van der Waals surface area (Å²) in [4.78, 5) is 22.3. The van der Waals surface area contributed by atoms with Gasteiger partial charge in [-0.2, -0.15) is 5.10 Å². The Kier molecular flexibility index (Phi) is 5.26. The van der Waals surface area contributed by atoms with Crippen LogP contribution < -0.4 is 10.2 Å². The fourth-order valence-corrected chi connectivity index (χ4v) is 2.12. The molecule has 0 saturated carbocycles. The van der Waals surface area contributed by atoms with E-state index in [4.69, 9.17) is 4.74 Å². The average molecular weight is 327 g/mol. The number of amides is 1. The van der Waals surface area contributed by atoms with E-state index in [1.165, 1.54) is 24.3 Å². The highest BCUT2D eigenvalue weighted by Crippen LogP contribution is 2.20. The van der Waals surface area contributed by atoms with E-state index in [9.17, 15) is 14.9 Å². The molecule has 0 bridgehead atoms. The molecule has 24 heavy (non-hydrogen) atoms. The number of nitro benzene ring substituents is 1. The number of hydrogen-bond donors (Lipinski definition) is 1. The maximum atomic E-state index is 12.1. The SMILES string of the molecule is COc1ccc(C)cc1/C(C)=N\NC(=O)c1cccc([N+](=O)[O-])c1. The number of nitrogens with one attached hydrogen (secondary N) is 1. The average Bonchev–Trinajstić information content (AvgIpc) is 2.59. The first-order chi connectivity index (χ1) is 11.4. The van der Waals surface area contributed by atoms with Gasteiger partial charge in [-0.25, -0.2) is 5.43 Å². The number of non-ortho nitro benzene ring substituents is 1. The molecular weight excluding hydrogens is 310 g/mol. The normalized spacial score (nSPS) is 11.0. The van der Waals surface area contributed by atoms with E-state index >= 15 is 0 Å². The molecule has 0 aliphatic rings. The summed E-state index contributed by atoms with van der Waals surface area (Å²) < 4.78 is 5.29. The van der Waals surface area contributed by atoms with Crippen LogP contribution in [0.25, 0.3) is 0 Å². The van der Waals surface area contributed by atoms with E-state index in [-0.39, 0.29) is 11.3 Å². The van der Waals surface area contributed by atoms with Crippen LogP contribution >= 0.6 is 0 Å². The van der Waals surface area contributed by atoms with Crippen LogP contribution in [0.4, 0.5) is 5.69 Å². The molecule has 0 fully saturated rings. The molecule has 0 aliphatic heterocycles. The molecule has 0 spiro atoms. The van der Waals surface area contributed by atoms with Gasteiger partial charge in [0.2, 0.25) is 0 Å². The maximum Gasteiger partial charge on any atom is 0.271 e. The zero-order valence-electron chi connectivity index (χ0n) is 13.6. The van der Waals surface area contributed by atoms with E-state index in [2.05, 4.69) is 10.5 Å². The number of hydrazone groups is 1. The molecule has 0 aromatic heterocycles. The third kappa shape index (κ3) is 3.95. The molecule has 7 heteroatoms. The first-order valence-electron chi connectivity index (χ1n) is 7.16. The van der Waals surface area contributed by atoms with Crippen LogP contribution in [-0.2, 0) is 0 Å². The van der Waals surface area contributed by atoms with Crippen molar-refractivity contribution in [3.05, 3.63) is 69.3 Å². The number of carbonyl (C=O) groups is 1. The third-order valence-electron chi connectivity index (χ3n) is 3.39. The van der Waals surface area contributed by atoms with Gasteiger partial charge in [0.1, 0.15) is 5.75 Å². The summed E-state index contributed by atoms with van der Waals surface area (Å²) in [5.41, 5.74) is 4.78. The first kappa shape index (κ1) is 17.1. The minimum atomic E-state index is -0.553. The molecule has 2 aromatic carbocycles. The highest BCUT2D eigenvalue weighted by Gasteiger charge is 2.12. The Labute approximate surface area is 139 Å². The fraction of sp³-hybridized carbons (Fsp3) is 0.176. The Morgan fingerprint density at radius 3 is 2.67 bits per heavy atom. The number of benzene rings is 2. The first-order valence-corrected chi connectivity index (χ1v) is 7.16. The van der Waals surface area contributed by atoms with Gasteiger partial charge in [0.15, 0.2) is 0 Å². The lowest BCUT2D eigenvalue weighted by Gasteiger charge is -2.09. The Hall–Kier alpha value is -3.22. The molecule has 7 nitrogen and oxygen atoms in total. The molecule has 0 saturated heterocycles. The van der Waals surface area contributed by atoms with Crippen molar-refractivity contribution in [3.63, 3.8) is 0 Å².